The van der Waals surface area contributed by atoms with Crippen molar-refractivity contribution < 1.29 is 18.3 Å². The molecule has 2 heterocycles. The third kappa shape index (κ3) is 3.05. The Balaban J connectivity index is 2.38. The molecular formula is C12H9ClF3N3O. The van der Waals surface area contributed by atoms with Crippen LogP contribution in [0.1, 0.15) is 28.9 Å². The molecule has 0 amide bonds. The molecule has 2 rings (SSSR count). The van der Waals surface area contributed by atoms with Crippen molar-refractivity contribution >= 4 is 11.6 Å². The summed E-state index contributed by atoms with van der Waals surface area (Å²) in [6.45, 7) is 1.63. The number of pyridine rings is 1. The van der Waals surface area contributed by atoms with Crippen molar-refractivity contribution in [3.63, 3.8) is 0 Å². The SMILES string of the molecule is Cc1nccc(C(O)c2ccc(C(F)(F)F)nc2Cl)n1. The molecule has 0 aliphatic rings. The molecule has 0 radical (unpaired) electrons. The van der Waals surface area contributed by atoms with Crippen LogP contribution >= 0.6 is 11.6 Å². The molecule has 0 aromatic carbocycles. The molecular weight excluding hydrogens is 295 g/mol. The third-order valence-electron chi connectivity index (χ3n) is 2.54. The highest BCUT2D eigenvalue weighted by Crippen LogP contribution is 2.32. The summed E-state index contributed by atoms with van der Waals surface area (Å²) in [6.07, 6.45) is -4.41. The highest BCUT2D eigenvalue weighted by molar-refractivity contribution is 6.30. The molecule has 0 spiro atoms. The van der Waals surface area contributed by atoms with E-state index in [-0.39, 0.29) is 11.3 Å². The van der Waals surface area contributed by atoms with Crippen LogP contribution in [0.4, 0.5) is 13.2 Å². The molecule has 20 heavy (non-hydrogen) atoms. The van der Waals surface area contributed by atoms with Gasteiger partial charge in [0.1, 0.15) is 22.8 Å². The summed E-state index contributed by atoms with van der Waals surface area (Å²) < 4.78 is 37.4. The van der Waals surface area contributed by atoms with E-state index in [1.54, 1.807) is 6.92 Å². The predicted molar refractivity (Wildman–Crippen MR) is 65.1 cm³/mol. The van der Waals surface area contributed by atoms with Crippen LogP contribution in [0.3, 0.4) is 0 Å². The fraction of sp³-hybridized carbons (Fsp3) is 0.250. The molecule has 0 aliphatic heterocycles. The molecule has 1 atom stereocenters. The van der Waals surface area contributed by atoms with Gasteiger partial charge in [0, 0.05) is 11.8 Å². The lowest BCUT2D eigenvalue weighted by Crippen LogP contribution is -2.11. The predicted octanol–water partition coefficient (Wildman–Crippen LogP) is 2.93. The standard InChI is InChI=1S/C12H9ClF3N3O/c1-6-17-5-4-8(18-6)10(20)7-2-3-9(12(14,15)16)19-11(7)13/h2-5,10,20H,1H3. The second-order valence-electron chi connectivity index (χ2n) is 4.01. The normalized spacial score (nSPS) is 13.3. The van der Waals surface area contributed by atoms with E-state index in [4.69, 9.17) is 11.6 Å². The maximum absolute atomic E-state index is 12.5. The summed E-state index contributed by atoms with van der Waals surface area (Å²) >= 11 is 5.71. The minimum absolute atomic E-state index is 0.0535. The second kappa shape index (κ2) is 5.34. The second-order valence-corrected chi connectivity index (χ2v) is 4.36. The fourth-order valence-corrected chi connectivity index (χ4v) is 1.85. The zero-order valence-electron chi connectivity index (χ0n) is 10.2. The number of nitrogens with zero attached hydrogens (tertiary/aromatic N) is 3. The van der Waals surface area contributed by atoms with Gasteiger partial charge in [-0.05, 0) is 19.1 Å². The molecule has 0 saturated heterocycles. The van der Waals surface area contributed by atoms with E-state index >= 15 is 0 Å². The molecule has 2 aromatic rings. The molecule has 1 N–H and O–H groups in total. The van der Waals surface area contributed by atoms with Gasteiger partial charge < -0.3 is 5.11 Å². The highest BCUT2D eigenvalue weighted by Gasteiger charge is 2.33. The van der Waals surface area contributed by atoms with Gasteiger partial charge in [0.2, 0.25) is 0 Å². The van der Waals surface area contributed by atoms with Gasteiger partial charge in [-0.25, -0.2) is 15.0 Å². The smallest absolute Gasteiger partial charge is 0.382 e. The number of hydrogen-bond acceptors (Lipinski definition) is 4. The highest BCUT2D eigenvalue weighted by atomic mass is 35.5. The minimum Gasteiger partial charge on any atom is -0.382 e. The molecule has 4 nitrogen and oxygen atoms in total. The number of aromatic nitrogens is 3. The monoisotopic (exact) mass is 303 g/mol. The molecule has 106 valence electrons. The van der Waals surface area contributed by atoms with Crippen LogP contribution in [0, 0.1) is 6.92 Å². The molecule has 8 heteroatoms. The Morgan fingerprint density at radius 1 is 1.20 bits per heavy atom. The molecule has 2 aromatic heterocycles. The summed E-state index contributed by atoms with van der Waals surface area (Å²) in [7, 11) is 0. The Morgan fingerprint density at radius 2 is 1.90 bits per heavy atom. The average molecular weight is 304 g/mol. The first-order valence-electron chi connectivity index (χ1n) is 5.50. The van der Waals surface area contributed by atoms with E-state index in [0.29, 0.717) is 5.82 Å². The van der Waals surface area contributed by atoms with E-state index < -0.39 is 23.1 Å². The van der Waals surface area contributed by atoms with Crippen molar-refractivity contribution in [3.05, 3.63) is 52.3 Å². The number of alkyl halides is 3. The lowest BCUT2D eigenvalue weighted by Gasteiger charge is -2.13. The third-order valence-corrected chi connectivity index (χ3v) is 2.84. The van der Waals surface area contributed by atoms with Crippen LogP contribution in [-0.2, 0) is 6.18 Å². The van der Waals surface area contributed by atoms with Crippen LogP contribution < -0.4 is 0 Å². The number of aryl methyl sites for hydroxylation is 1. The van der Waals surface area contributed by atoms with Gasteiger partial charge >= 0.3 is 6.18 Å². The van der Waals surface area contributed by atoms with E-state index in [9.17, 15) is 18.3 Å². The maximum atomic E-state index is 12.5. The molecule has 0 saturated carbocycles. The van der Waals surface area contributed by atoms with Gasteiger partial charge in [-0.1, -0.05) is 17.7 Å². The van der Waals surface area contributed by atoms with Crippen LogP contribution in [0.2, 0.25) is 5.15 Å². The zero-order valence-corrected chi connectivity index (χ0v) is 10.9. The largest absolute Gasteiger partial charge is 0.433 e. The lowest BCUT2D eigenvalue weighted by atomic mass is 10.1. The Bertz CT molecular complexity index is 634. The Hall–Kier alpha value is -1.73. The number of halogens is 4. The Morgan fingerprint density at radius 3 is 2.45 bits per heavy atom. The quantitative estimate of drug-likeness (QED) is 0.867. The van der Waals surface area contributed by atoms with Crippen molar-refractivity contribution in [3.8, 4) is 0 Å². The van der Waals surface area contributed by atoms with Crippen molar-refractivity contribution in [1.29, 1.82) is 0 Å². The fourth-order valence-electron chi connectivity index (χ4n) is 1.59. The summed E-state index contributed by atoms with van der Waals surface area (Å²) in [5.41, 5.74) is -0.823. The van der Waals surface area contributed by atoms with Crippen molar-refractivity contribution in [1.82, 2.24) is 15.0 Å². The van der Waals surface area contributed by atoms with E-state index in [1.165, 1.54) is 12.3 Å². The summed E-state index contributed by atoms with van der Waals surface area (Å²) in [6, 6.07) is 3.30. The van der Waals surface area contributed by atoms with Gasteiger partial charge in [0.05, 0.1) is 5.69 Å². The van der Waals surface area contributed by atoms with Crippen LogP contribution in [-0.4, -0.2) is 20.1 Å². The van der Waals surface area contributed by atoms with Crippen LogP contribution in [0.5, 0.6) is 0 Å². The zero-order chi connectivity index (χ0) is 14.9. The molecule has 1 unspecified atom stereocenters. The molecule has 0 bridgehead atoms. The number of aliphatic hydroxyl groups excluding tert-OH is 1. The minimum atomic E-state index is -4.58. The average Bonchev–Trinajstić information content (AvgIpc) is 2.36. The molecule has 0 fully saturated rings. The van der Waals surface area contributed by atoms with Gasteiger partial charge in [-0.2, -0.15) is 13.2 Å². The first-order valence-corrected chi connectivity index (χ1v) is 5.88. The van der Waals surface area contributed by atoms with Gasteiger partial charge in [0.15, 0.2) is 0 Å². The topological polar surface area (TPSA) is 58.9 Å². The maximum Gasteiger partial charge on any atom is 0.433 e. The summed E-state index contributed by atoms with van der Waals surface area (Å²) in [4.78, 5) is 11.1. The van der Waals surface area contributed by atoms with Crippen LogP contribution in [0.15, 0.2) is 24.4 Å². The van der Waals surface area contributed by atoms with Gasteiger partial charge in [-0.3, -0.25) is 0 Å². The summed E-state index contributed by atoms with van der Waals surface area (Å²) in [5.74, 6) is 0.428. The lowest BCUT2D eigenvalue weighted by molar-refractivity contribution is -0.141. The molecule has 0 aliphatic carbocycles. The summed E-state index contributed by atoms with van der Waals surface area (Å²) in [5, 5.41) is 9.68. The Labute approximate surface area is 117 Å². The number of rotatable bonds is 2. The first kappa shape index (κ1) is 14.7. The number of hydrogen-bond donors (Lipinski definition) is 1. The number of aliphatic hydroxyl groups is 1. The van der Waals surface area contributed by atoms with Gasteiger partial charge in [-0.15, -0.1) is 0 Å². The van der Waals surface area contributed by atoms with E-state index in [1.807, 2.05) is 0 Å². The van der Waals surface area contributed by atoms with Crippen molar-refractivity contribution in [2.24, 2.45) is 0 Å². The van der Waals surface area contributed by atoms with E-state index in [2.05, 4.69) is 15.0 Å². The van der Waals surface area contributed by atoms with E-state index in [0.717, 1.165) is 12.1 Å². The Kier molecular flexibility index (Phi) is 3.92. The first-order chi connectivity index (χ1) is 9.29. The van der Waals surface area contributed by atoms with Crippen molar-refractivity contribution in [2.75, 3.05) is 0 Å². The van der Waals surface area contributed by atoms with Crippen LogP contribution in [0.25, 0.3) is 0 Å². The van der Waals surface area contributed by atoms with Gasteiger partial charge in [0.25, 0.3) is 0 Å². The van der Waals surface area contributed by atoms with Crippen molar-refractivity contribution in [2.45, 2.75) is 19.2 Å².